The highest BCUT2D eigenvalue weighted by atomic mass is 35.5. The maximum Gasteiger partial charge on any atom is 0.346 e. The van der Waals surface area contributed by atoms with E-state index in [1.165, 1.54) is 7.11 Å². The molecule has 4 atom stereocenters. The molecule has 0 radical (unpaired) electrons. The van der Waals surface area contributed by atoms with Gasteiger partial charge in [-0.05, 0) is 86.8 Å². The van der Waals surface area contributed by atoms with Gasteiger partial charge in [0.2, 0.25) is 0 Å². The number of fused-ring (bicyclic) bond motifs is 4. The van der Waals surface area contributed by atoms with Crippen molar-refractivity contribution < 1.29 is 33.6 Å². The summed E-state index contributed by atoms with van der Waals surface area (Å²) < 4.78 is 24.4. The summed E-state index contributed by atoms with van der Waals surface area (Å²) in [5.41, 5.74) is 1.87. The molecule has 4 aliphatic rings. The molecule has 6 rings (SSSR count). The third-order valence-electron chi connectivity index (χ3n) is 9.33. The first kappa shape index (κ1) is 29.1. The second-order valence-corrected chi connectivity index (χ2v) is 14.2. The third kappa shape index (κ3) is 4.88. The molecule has 1 N–H and O–H groups in total. The molecule has 8 heteroatoms. The minimum atomic E-state index is -0.873. The van der Waals surface area contributed by atoms with E-state index in [2.05, 4.69) is 12.2 Å². The van der Waals surface area contributed by atoms with Crippen molar-refractivity contribution in [3.8, 4) is 23.0 Å². The molecule has 1 heterocycles. The fourth-order valence-electron chi connectivity index (χ4n) is 6.97. The standard InChI is InChI=1S/C34H39ClO7/c1-17-25(19-8-9-19)30(42-32(38)34(5)14-18-7-10-20(34)13-18)29-22(27(17)35)16-40-31(37)26-24(41-29)12-11-21(28(26)39-6)23(36)15-33(2,3)4/h7,10-12,18-20,23,36H,8-9,13-16H2,1-6H3/t18-,20+,23?,34+/m1/s1. The van der Waals surface area contributed by atoms with Gasteiger partial charge in [-0.1, -0.05) is 44.5 Å². The van der Waals surface area contributed by atoms with Crippen LogP contribution < -0.4 is 14.2 Å². The second-order valence-electron chi connectivity index (χ2n) is 13.8. The van der Waals surface area contributed by atoms with Crippen LogP contribution in [0.1, 0.15) is 104 Å². The summed E-state index contributed by atoms with van der Waals surface area (Å²) in [5.74, 6) is 0.789. The van der Waals surface area contributed by atoms with E-state index in [4.69, 9.17) is 30.5 Å². The predicted octanol–water partition coefficient (Wildman–Crippen LogP) is 7.97. The first-order valence-electron chi connectivity index (χ1n) is 14.8. The van der Waals surface area contributed by atoms with Crippen LogP contribution in [0, 0.1) is 29.6 Å². The van der Waals surface area contributed by atoms with Crippen molar-refractivity contribution in [2.24, 2.45) is 22.7 Å². The van der Waals surface area contributed by atoms with Gasteiger partial charge < -0.3 is 24.1 Å². The van der Waals surface area contributed by atoms with Gasteiger partial charge in [-0.2, -0.15) is 0 Å². The minimum absolute atomic E-state index is 0.0701. The number of rotatable bonds is 6. The van der Waals surface area contributed by atoms with Crippen LogP contribution in [-0.2, 0) is 16.1 Å². The van der Waals surface area contributed by atoms with E-state index in [1.807, 2.05) is 34.6 Å². The van der Waals surface area contributed by atoms with Gasteiger partial charge in [0.15, 0.2) is 11.5 Å². The molecule has 1 aliphatic heterocycles. The average molecular weight is 595 g/mol. The normalized spacial score (nSPS) is 25.1. The van der Waals surface area contributed by atoms with Crippen molar-refractivity contribution in [1.82, 2.24) is 0 Å². The number of methoxy groups -OCH3 is 1. The maximum absolute atomic E-state index is 13.9. The number of aliphatic hydroxyl groups is 1. The van der Waals surface area contributed by atoms with E-state index in [1.54, 1.807) is 12.1 Å². The molecule has 2 aromatic rings. The van der Waals surface area contributed by atoms with Gasteiger partial charge in [0.1, 0.15) is 23.7 Å². The number of carbonyl (C=O) groups excluding carboxylic acids is 2. The van der Waals surface area contributed by atoms with Crippen molar-refractivity contribution in [1.29, 1.82) is 0 Å². The van der Waals surface area contributed by atoms with Crippen molar-refractivity contribution in [2.45, 2.75) is 85.4 Å². The molecule has 2 aromatic carbocycles. The van der Waals surface area contributed by atoms with Crippen LogP contribution in [0.4, 0.5) is 0 Å². The molecule has 0 amide bonds. The summed E-state index contributed by atoms with van der Waals surface area (Å²) in [4.78, 5) is 27.4. The Bertz CT molecular complexity index is 1500. The Morgan fingerprint density at radius 3 is 2.55 bits per heavy atom. The van der Waals surface area contributed by atoms with Crippen LogP contribution in [0.15, 0.2) is 24.3 Å². The van der Waals surface area contributed by atoms with Gasteiger partial charge >= 0.3 is 11.9 Å². The van der Waals surface area contributed by atoms with Gasteiger partial charge in [0, 0.05) is 11.1 Å². The number of allylic oxidation sites excluding steroid dienone is 2. The molecule has 7 nitrogen and oxygen atoms in total. The first-order valence-corrected chi connectivity index (χ1v) is 15.2. The summed E-state index contributed by atoms with van der Waals surface area (Å²) in [5, 5.41) is 11.5. The molecule has 2 fully saturated rings. The fourth-order valence-corrected chi connectivity index (χ4v) is 7.21. The van der Waals surface area contributed by atoms with Crippen LogP contribution in [0.5, 0.6) is 23.0 Å². The maximum atomic E-state index is 13.9. The SMILES string of the molecule is COc1c(C(O)CC(C)(C)C)ccc2c1C(=O)OCc1c(Cl)c(C)c(C3CC3)c(OC(=O)[C@@]3(C)C[C@@H]4C=C[C@H]3C4)c1O2. The van der Waals surface area contributed by atoms with Gasteiger partial charge in [0.25, 0.3) is 0 Å². The molecular formula is C34H39ClO7. The highest BCUT2D eigenvalue weighted by molar-refractivity contribution is 6.32. The Morgan fingerprint density at radius 2 is 1.95 bits per heavy atom. The lowest BCUT2D eigenvalue weighted by Crippen LogP contribution is -2.36. The highest BCUT2D eigenvalue weighted by Gasteiger charge is 2.52. The molecule has 3 aliphatic carbocycles. The number of esters is 2. The van der Waals surface area contributed by atoms with Crippen LogP contribution >= 0.6 is 11.6 Å². The number of halogens is 1. The van der Waals surface area contributed by atoms with Crippen molar-refractivity contribution in [3.63, 3.8) is 0 Å². The number of ether oxygens (including phenoxy) is 4. The smallest absolute Gasteiger partial charge is 0.346 e. The van der Waals surface area contributed by atoms with Crippen molar-refractivity contribution in [2.75, 3.05) is 7.11 Å². The topological polar surface area (TPSA) is 91.3 Å². The number of carbonyl (C=O) groups is 2. The van der Waals surface area contributed by atoms with E-state index in [-0.39, 0.29) is 52.6 Å². The lowest BCUT2D eigenvalue weighted by molar-refractivity contribution is -0.146. The van der Waals surface area contributed by atoms with E-state index < -0.39 is 17.5 Å². The molecule has 224 valence electrons. The molecule has 2 bridgehead atoms. The van der Waals surface area contributed by atoms with E-state index in [0.717, 1.165) is 36.8 Å². The molecule has 1 unspecified atom stereocenters. The quantitative estimate of drug-likeness (QED) is 0.206. The number of hydrogen-bond donors (Lipinski definition) is 1. The summed E-state index contributed by atoms with van der Waals surface area (Å²) in [6.45, 7) is 9.82. The Kier molecular flexibility index (Phi) is 7.13. The Labute approximate surface area is 252 Å². The Morgan fingerprint density at radius 1 is 1.21 bits per heavy atom. The molecular weight excluding hydrogens is 556 g/mol. The van der Waals surface area contributed by atoms with Crippen LogP contribution in [0.25, 0.3) is 0 Å². The molecule has 2 saturated carbocycles. The zero-order chi connectivity index (χ0) is 30.1. The van der Waals surface area contributed by atoms with Crippen LogP contribution in [0.2, 0.25) is 5.02 Å². The number of aliphatic hydroxyl groups excluding tert-OH is 1. The third-order valence-corrected chi connectivity index (χ3v) is 9.84. The zero-order valence-corrected chi connectivity index (χ0v) is 25.9. The summed E-state index contributed by atoms with van der Waals surface area (Å²) in [6, 6.07) is 3.34. The molecule has 0 spiro atoms. The number of hydrogen-bond acceptors (Lipinski definition) is 7. The second kappa shape index (κ2) is 10.3. The molecule has 0 saturated heterocycles. The predicted molar refractivity (Wildman–Crippen MR) is 158 cm³/mol. The highest BCUT2D eigenvalue weighted by Crippen LogP contribution is 2.57. The van der Waals surface area contributed by atoms with Crippen LogP contribution in [-0.4, -0.2) is 24.2 Å². The summed E-state index contributed by atoms with van der Waals surface area (Å²) >= 11 is 6.91. The molecule has 42 heavy (non-hydrogen) atoms. The lowest BCUT2D eigenvalue weighted by Gasteiger charge is -2.31. The number of cyclic esters (lactones) is 1. The Hall–Kier alpha value is -3.03. The van der Waals surface area contributed by atoms with Gasteiger partial charge in [-0.25, -0.2) is 4.79 Å². The van der Waals surface area contributed by atoms with Crippen LogP contribution in [0.3, 0.4) is 0 Å². The van der Waals surface area contributed by atoms with Crippen molar-refractivity contribution in [3.05, 3.63) is 57.1 Å². The first-order chi connectivity index (χ1) is 19.8. The number of benzene rings is 2. The zero-order valence-electron chi connectivity index (χ0n) is 25.1. The van der Waals surface area contributed by atoms with Gasteiger partial charge in [-0.3, -0.25) is 4.79 Å². The lowest BCUT2D eigenvalue weighted by atomic mass is 9.77. The van der Waals surface area contributed by atoms with Gasteiger partial charge in [-0.15, -0.1) is 0 Å². The largest absolute Gasteiger partial charge is 0.495 e. The van der Waals surface area contributed by atoms with E-state index in [0.29, 0.717) is 34.2 Å². The monoisotopic (exact) mass is 594 g/mol. The average Bonchev–Trinajstić information content (AvgIpc) is 3.55. The van der Waals surface area contributed by atoms with Gasteiger partial charge in [0.05, 0.1) is 29.2 Å². The van der Waals surface area contributed by atoms with E-state index >= 15 is 0 Å². The summed E-state index contributed by atoms with van der Waals surface area (Å²) in [7, 11) is 1.45. The fraction of sp³-hybridized carbons (Fsp3) is 0.529. The minimum Gasteiger partial charge on any atom is -0.495 e. The van der Waals surface area contributed by atoms with E-state index in [9.17, 15) is 14.7 Å². The van der Waals surface area contributed by atoms with Crippen molar-refractivity contribution >= 4 is 23.5 Å². The molecule has 0 aromatic heterocycles. The Balaban J connectivity index is 1.47. The summed E-state index contributed by atoms with van der Waals surface area (Å²) in [6.07, 6.45) is 7.55.